The summed E-state index contributed by atoms with van der Waals surface area (Å²) in [5.74, 6) is 1.29. The number of hydrogen-bond acceptors (Lipinski definition) is 2. The summed E-state index contributed by atoms with van der Waals surface area (Å²) in [5.41, 5.74) is 0.920. The Morgan fingerprint density at radius 1 is 1.05 bits per heavy atom. The van der Waals surface area contributed by atoms with Crippen LogP contribution in [0.25, 0.3) is 0 Å². The maximum Gasteiger partial charge on any atom is 0.133 e. The third-order valence-electron chi connectivity index (χ3n) is 2.87. The van der Waals surface area contributed by atoms with Gasteiger partial charge in [-0.2, -0.15) is 0 Å². The van der Waals surface area contributed by atoms with E-state index in [1.807, 2.05) is 18.2 Å². The van der Waals surface area contributed by atoms with E-state index in [2.05, 4.69) is 12.2 Å². The lowest BCUT2D eigenvalue weighted by molar-refractivity contribution is 0.473. The quantitative estimate of drug-likeness (QED) is 0.655. The molecule has 0 radical (unpaired) electrons. The van der Waals surface area contributed by atoms with Crippen LogP contribution in [-0.4, -0.2) is 6.54 Å². The van der Waals surface area contributed by atoms with Crippen LogP contribution < -0.4 is 10.1 Å². The third kappa shape index (κ3) is 4.79. The molecule has 1 N–H and O–H groups in total. The molecule has 112 valence electrons. The van der Waals surface area contributed by atoms with E-state index in [9.17, 15) is 0 Å². The van der Waals surface area contributed by atoms with Crippen LogP contribution in [0, 0.1) is 0 Å². The molecular formula is C16H16Cl3NO. The van der Waals surface area contributed by atoms with Crippen LogP contribution in [0.3, 0.4) is 0 Å². The van der Waals surface area contributed by atoms with E-state index in [0.717, 1.165) is 18.5 Å². The molecule has 0 saturated carbocycles. The minimum absolute atomic E-state index is 0.533. The Morgan fingerprint density at radius 3 is 2.43 bits per heavy atom. The minimum atomic E-state index is 0.533. The molecule has 0 fully saturated rings. The number of ether oxygens (including phenoxy) is 1. The summed E-state index contributed by atoms with van der Waals surface area (Å²) in [5, 5.41) is 5.06. The molecular weight excluding hydrogens is 329 g/mol. The van der Waals surface area contributed by atoms with E-state index in [4.69, 9.17) is 39.5 Å². The molecule has 2 aromatic rings. The van der Waals surface area contributed by atoms with Crippen LogP contribution in [0.15, 0.2) is 36.4 Å². The first kappa shape index (κ1) is 16.4. The number of rotatable bonds is 6. The highest BCUT2D eigenvalue weighted by molar-refractivity contribution is 6.34. The summed E-state index contributed by atoms with van der Waals surface area (Å²) >= 11 is 18.2. The second-order valence-electron chi connectivity index (χ2n) is 4.60. The van der Waals surface area contributed by atoms with Gasteiger partial charge in [0.05, 0.1) is 0 Å². The van der Waals surface area contributed by atoms with Crippen LogP contribution in [0.5, 0.6) is 11.5 Å². The van der Waals surface area contributed by atoms with Gasteiger partial charge in [-0.25, -0.2) is 0 Å². The lowest BCUT2D eigenvalue weighted by Crippen LogP contribution is -2.14. The Morgan fingerprint density at radius 2 is 1.76 bits per heavy atom. The largest absolute Gasteiger partial charge is 0.457 e. The molecule has 2 aromatic carbocycles. The molecule has 21 heavy (non-hydrogen) atoms. The molecule has 0 saturated heterocycles. The van der Waals surface area contributed by atoms with Gasteiger partial charge in [0.25, 0.3) is 0 Å². The highest BCUT2D eigenvalue weighted by Gasteiger charge is 2.10. The van der Waals surface area contributed by atoms with Crippen LogP contribution in [0.4, 0.5) is 0 Å². The van der Waals surface area contributed by atoms with E-state index in [1.54, 1.807) is 18.2 Å². The van der Waals surface area contributed by atoms with Gasteiger partial charge >= 0.3 is 0 Å². The maximum absolute atomic E-state index is 6.26. The summed E-state index contributed by atoms with van der Waals surface area (Å²) < 4.78 is 5.89. The average Bonchev–Trinajstić information content (AvgIpc) is 2.41. The molecule has 0 aromatic heterocycles. The second kappa shape index (κ2) is 7.90. The molecule has 5 heteroatoms. The summed E-state index contributed by atoms with van der Waals surface area (Å²) in [6, 6.07) is 10.7. The fourth-order valence-corrected chi connectivity index (χ4v) is 2.65. The number of hydrogen-bond donors (Lipinski definition) is 1. The molecule has 0 amide bonds. The molecule has 0 bridgehead atoms. The molecule has 0 aliphatic rings. The van der Waals surface area contributed by atoms with E-state index in [-0.39, 0.29) is 0 Å². The topological polar surface area (TPSA) is 21.3 Å². The van der Waals surface area contributed by atoms with Crippen molar-refractivity contribution in [1.82, 2.24) is 5.32 Å². The third-order valence-corrected chi connectivity index (χ3v) is 3.66. The fourth-order valence-electron chi connectivity index (χ4n) is 1.91. The minimum Gasteiger partial charge on any atom is -0.457 e. The Hall–Kier alpha value is -0.930. The SMILES string of the molecule is CCCNCc1c(Cl)cccc1Oc1cc(Cl)cc(Cl)c1. The van der Waals surface area contributed by atoms with Crippen LogP contribution in [-0.2, 0) is 6.54 Å². The van der Waals surface area contributed by atoms with Crippen molar-refractivity contribution < 1.29 is 4.74 Å². The van der Waals surface area contributed by atoms with E-state index < -0.39 is 0 Å². The van der Waals surface area contributed by atoms with E-state index in [1.165, 1.54) is 0 Å². The molecule has 2 rings (SSSR count). The maximum atomic E-state index is 6.26. The zero-order valence-electron chi connectivity index (χ0n) is 11.6. The highest BCUT2D eigenvalue weighted by atomic mass is 35.5. The summed E-state index contributed by atoms with van der Waals surface area (Å²) in [6.45, 7) is 3.69. The number of benzene rings is 2. The molecule has 0 unspecified atom stereocenters. The smallest absolute Gasteiger partial charge is 0.133 e. The number of nitrogens with one attached hydrogen (secondary N) is 1. The van der Waals surface area contributed by atoms with Crippen molar-refractivity contribution >= 4 is 34.8 Å². The first-order chi connectivity index (χ1) is 10.1. The van der Waals surface area contributed by atoms with Crippen LogP contribution >= 0.6 is 34.8 Å². The van der Waals surface area contributed by atoms with Crippen molar-refractivity contribution in [3.05, 3.63) is 57.0 Å². The Kier molecular flexibility index (Phi) is 6.19. The molecule has 0 spiro atoms. The second-order valence-corrected chi connectivity index (χ2v) is 5.88. The van der Waals surface area contributed by atoms with E-state index >= 15 is 0 Å². The van der Waals surface area contributed by atoms with Crippen molar-refractivity contribution in [2.75, 3.05) is 6.54 Å². The van der Waals surface area contributed by atoms with Gasteiger partial charge in [-0.15, -0.1) is 0 Å². The van der Waals surface area contributed by atoms with Gasteiger partial charge in [-0.05, 0) is 43.3 Å². The normalized spacial score (nSPS) is 10.7. The zero-order chi connectivity index (χ0) is 15.2. The standard InChI is InChI=1S/C16H16Cl3NO/c1-2-6-20-10-14-15(19)4-3-5-16(14)21-13-8-11(17)7-12(18)9-13/h3-5,7-9,20H,2,6,10H2,1H3. The fraction of sp³-hybridized carbons (Fsp3) is 0.250. The van der Waals surface area contributed by atoms with Crippen molar-refractivity contribution in [3.63, 3.8) is 0 Å². The monoisotopic (exact) mass is 343 g/mol. The zero-order valence-corrected chi connectivity index (χ0v) is 13.9. The van der Waals surface area contributed by atoms with Crippen LogP contribution in [0.2, 0.25) is 15.1 Å². The summed E-state index contributed by atoms with van der Waals surface area (Å²) in [4.78, 5) is 0. The molecule has 0 atom stereocenters. The molecule has 0 aliphatic carbocycles. The first-order valence-electron chi connectivity index (χ1n) is 6.72. The van der Waals surface area contributed by atoms with Gasteiger partial charge in [-0.3, -0.25) is 0 Å². The summed E-state index contributed by atoms with van der Waals surface area (Å²) in [7, 11) is 0. The average molecular weight is 345 g/mol. The Balaban J connectivity index is 2.24. The van der Waals surface area contributed by atoms with Gasteiger partial charge in [0.2, 0.25) is 0 Å². The van der Waals surface area contributed by atoms with Crippen molar-refractivity contribution in [2.24, 2.45) is 0 Å². The van der Waals surface area contributed by atoms with Crippen LogP contribution in [0.1, 0.15) is 18.9 Å². The predicted molar refractivity (Wildman–Crippen MR) is 90.0 cm³/mol. The lowest BCUT2D eigenvalue weighted by Gasteiger charge is -2.13. The first-order valence-corrected chi connectivity index (χ1v) is 7.85. The van der Waals surface area contributed by atoms with Crippen molar-refractivity contribution in [1.29, 1.82) is 0 Å². The van der Waals surface area contributed by atoms with Gasteiger partial charge in [0.15, 0.2) is 0 Å². The molecule has 0 heterocycles. The lowest BCUT2D eigenvalue weighted by atomic mass is 10.2. The van der Waals surface area contributed by atoms with E-state index in [0.29, 0.717) is 33.1 Å². The van der Waals surface area contributed by atoms with Gasteiger partial charge in [0, 0.05) is 27.2 Å². The number of halogens is 3. The predicted octanol–water partition coefficient (Wildman–Crippen LogP) is 5.94. The Bertz CT molecular complexity index is 596. The molecule has 0 aliphatic heterocycles. The van der Waals surface area contributed by atoms with Gasteiger partial charge in [-0.1, -0.05) is 47.8 Å². The van der Waals surface area contributed by atoms with Crippen molar-refractivity contribution in [3.8, 4) is 11.5 Å². The summed E-state index contributed by atoms with van der Waals surface area (Å²) in [6.07, 6.45) is 1.06. The van der Waals surface area contributed by atoms with Gasteiger partial charge in [0.1, 0.15) is 11.5 Å². The van der Waals surface area contributed by atoms with Gasteiger partial charge < -0.3 is 10.1 Å². The highest BCUT2D eigenvalue weighted by Crippen LogP contribution is 2.33. The van der Waals surface area contributed by atoms with Crippen molar-refractivity contribution in [2.45, 2.75) is 19.9 Å². The Labute approximate surface area is 140 Å². The molecule has 2 nitrogen and oxygen atoms in total.